The highest BCUT2D eigenvalue weighted by Crippen LogP contribution is 2.34. The number of methoxy groups -OCH3 is 1. The highest BCUT2D eigenvalue weighted by molar-refractivity contribution is 5.97. The van der Waals surface area contributed by atoms with Gasteiger partial charge in [0.25, 0.3) is 0 Å². The molecule has 0 saturated carbocycles. The van der Waals surface area contributed by atoms with Gasteiger partial charge in [-0.25, -0.2) is 4.79 Å². The van der Waals surface area contributed by atoms with Crippen LogP contribution in [0.3, 0.4) is 0 Å². The number of aliphatic carboxylic acids is 1. The fraction of sp³-hybridized carbons (Fsp3) is 0.292. The van der Waals surface area contributed by atoms with Crippen LogP contribution < -0.4 is 14.8 Å². The summed E-state index contributed by atoms with van der Waals surface area (Å²) in [5.74, 6) is 0.593. The largest absolute Gasteiger partial charge is 0.495 e. The van der Waals surface area contributed by atoms with E-state index >= 15 is 0 Å². The Kier molecular flexibility index (Phi) is 5.97. The van der Waals surface area contributed by atoms with Crippen molar-refractivity contribution in [2.24, 2.45) is 0 Å². The third kappa shape index (κ3) is 4.62. The molecule has 5 nitrogen and oxygen atoms in total. The summed E-state index contributed by atoms with van der Waals surface area (Å²) in [4.78, 5) is 11.2. The Bertz CT molecular complexity index is 995. The number of anilines is 1. The van der Waals surface area contributed by atoms with Crippen LogP contribution in [0.4, 0.5) is 5.69 Å². The predicted molar refractivity (Wildman–Crippen MR) is 116 cm³/mol. The molecule has 0 spiro atoms. The van der Waals surface area contributed by atoms with Crippen LogP contribution in [0.25, 0.3) is 10.8 Å². The number of hydrogen-bond donors (Lipinski definition) is 2. The second-order valence-electron chi connectivity index (χ2n) is 7.63. The molecule has 1 atom stereocenters. The van der Waals surface area contributed by atoms with Gasteiger partial charge in [0.15, 0.2) is 5.60 Å². The predicted octanol–water partition coefficient (Wildman–Crippen LogP) is 5.31. The van der Waals surface area contributed by atoms with E-state index in [4.69, 9.17) is 9.47 Å². The molecule has 0 aliphatic carbocycles. The van der Waals surface area contributed by atoms with E-state index in [1.54, 1.807) is 7.11 Å². The summed E-state index contributed by atoms with van der Waals surface area (Å²) in [6.07, 6.45) is 0. The first kappa shape index (κ1) is 20.5. The van der Waals surface area contributed by atoms with Gasteiger partial charge in [-0.1, -0.05) is 49.4 Å². The second kappa shape index (κ2) is 8.43. The maximum absolute atomic E-state index is 11.2. The van der Waals surface area contributed by atoms with E-state index in [0.29, 0.717) is 5.75 Å². The van der Waals surface area contributed by atoms with Crippen molar-refractivity contribution < 1.29 is 19.4 Å². The van der Waals surface area contributed by atoms with E-state index in [-0.39, 0.29) is 5.92 Å². The molecule has 0 amide bonds. The smallest absolute Gasteiger partial charge is 0.347 e. The maximum Gasteiger partial charge on any atom is 0.347 e. The van der Waals surface area contributed by atoms with Crippen LogP contribution in [-0.4, -0.2) is 30.3 Å². The third-order valence-corrected chi connectivity index (χ3v) is 5.03. The van der Waals surface area contributed by atoms with Gasteiger partial charge in [0.2, 0.25) is 0 Å². The van der Waals surface area contributed by atoms with Crippen molar-refractivity contribution in [2.75, 3.05) is 19.0 Å². The molecule has 3 aromatic rings. The van der Waals surface area contributed by atoms with Gasteiger partial charge in [0.05, 0.1) is 12.8 Å². The first-order chi connectivity index (χ1) is 13.8. The highest BCUT2D eigenvalue weighted by Gasteiger charge is 2.29. The molecule has 0 fully saturated rings. The molecular weight excluding hydrogens is 366 g/mol. The fourth-order valence-electron chi connectivity index (χ4n) is 3.18. The average Bonchev–Trinajstić information content (AvgIpc) is 2.71. The van der Waals surface area contributed by atoms with E-state index in [1.165, 1.54) is 13.8 Å². The van der Waals surface area contributed by atoms with Crippen LogP contribution in [0.5, 0.6) is 11.5 Å². The number of rotatable bonds is 8. The van der Waals surface area contributed by atoms with Crippen LogP contribution in [0, 0.1) is 0 Å². The molecule has 29 heavy (non-hydrogen) atoms. The van der Waals surface area contributed by atoms with Gasteiger partial charge in [-0.05, 0) is 48.9 Å². The number of benzene rings is 3. The minimum atomic E-state index is -1.26. The quantitative estimate of drug-likeness (QED) is 0.543. The first-order valence-electron chi connectivity index (χ1n) is 9.64. The van der Waals surface area contributed by atoms with Crippen molar-refractivity contribution in [1.82, 2.24) is 0 Å². The maximum atomic E-state index is 11.2. The van der Waals surface area contributed by atoms with E-state index < -0.39 is 11.6 Å². The average molecular weight is 393 g/mol. The van der Waals surface area contributed by atoms with Gasteiger partial charge in [0.1, 0.15) is 11.5 Å². The molecule has 0 bridgehead atoms. The van der Waals surface area contributed by atoms with Crippen molar-refractivity contribution >= 4 is 22.4 Å². The lowest BCUT2D eigenvalue weighted by Crippen LogP contribution is -2.37. The molecule has 2 N–H and O–H groups in total. The van der Waals surface area contributed by atoms with Crippen LogP contribution in [-0.2, 0) is 4.79 Å². The summed E-state index contributed by atoms with van der Waals surface area (Å²) in [5, 5.41) is 15.0. The summed E-state index contributed by atoms with van der Waals surface area (Å²) >= 11 is 0. The number of hydrogen-bond acceptors (Lipinski definition) is 4. The fourth-order valence-corrected chi connectivity index (χ4v) is 3.18. The number of nitrogens with one attached hydrogen (secondary N) is 1. The van der Waals surface area contributed by atoms with Gasteiger partial charge >= 0.3 is 5.97 Å². The highest BCUT2D eigenvalue weighted by atomic mass is 16.5. The number of carboxylic acids is 1. The number of ether oxygens (including phenoxy) is 2. The zero-order valence-electron chi connectivity index (χ0n) is 17.2. The molecular formula is C24H27NO4. The lowest BCUT2D eigenvalue weighted by molar-refractivity contribution is -0.152. The summed E-state index contributed by atoms with van der Waals surface area (Å²) in [6, 6.07) is 19.8. The van der Waals surface area contributed by atoms with Crippen molar-refractivity contribution in [3.63, 3.8) is 0 Å². The summed E-state index contributed by atoms with van der Waals surface area (Å²) in [6.45, 7) is 5.94. The Labute approximate surface area is 171 Å². The zero-order chi connectivity index (χ0) is 21.0. The van der Waals surface area contributed by atoms with Crippen molar-refractivity contribution in [1.29, 1.82) is 0 Å². The van der Waals surface area contributed by atoms with Crippen molar-refractivity contribution in [2.45, 2.75) is 32.3 Å². The van der Waals surface area contributed by atoms with Gasteiger partial charge < -0.3 is 19.9 Å². The zero-order valence-corrected chi connectivity index (χ0v) is 17.2. The topological polar surface area (TPSA) is 67.8 Å². The molecule has 0 aromatic heterocycles. The number of fused-ring (bicyclic) bond motifs is 1. The number of carbonyl (C=O) groups is 1. The normalized spacial score (nSPS) is 12.4. The van der Waals surface area contributed by atoms with Crippen molar-refractivity contribution in [3.05, 3.63) is 66.2 Å². The molecule has 0 aliphatic heterocycles. The third-order valence-electron chi connectivity index (χ3n) is 5.03. The molecule has 3 aromatic carbocycles. The Hall–Kier alpha value is -3.21. The molecule has 152 valence electrons. The van der Waals surface area contributed by atoms with Gasteiger partial charge in [-0.3, -0.25) is 0 Å². The molecule has 3 rings (SSSR count). The van der Waals surface area contributed by atoms with E-state index in [9.17, 15) is 9.90 Å². The lowest BCUT2D eigenvalue weighted by Gasteiger charge is -2.22. The first-order valence-corrected chi connectivity index (χ1v) is 9.64. The molecule has 0 heterocycles. The van der Waals surface area contributed by atoms with Crippen LogP contribution in [0.2, 0.25) is 0 Å². The summed E-state index contributed by atoms with van der Waals surface area (Å²) in [5.41, 5.74) is 0.859. The SMILES string of the molecule is COc1ccc2ccccc2c1NCC(C)c1ccc(OC(C)(C)C(=O)O)cc1. The van der Waals surface area contributed by atoms with Crippen molar-refractivity contribution in [3.8, 4) is 11.5 Å². The molecule has 1 unspecified atom stereocenters. The Morgan fingerprint density at radius 2 is 1.76 bits per heavy atom. The lowest BCUT2D eigenvalue weighted by atomic mass is 10.0. The van der Waals surface area contributed by atoms with Crippen LogP contribution in [0.15, 0.2) is 60.7 Å². The Morgan fingerprint density at radius 1 is 1.07 bits per heavy atom. The van der Waals surface area contributed by atoms with Crippen LogP contribution in [0.1, 0.15) is 32.3 Å². The summed E-state index contributed by atoms with van der Waals surface area (Å²) < 4.78 is 11.1. The van der Waals surface area contributed by atoms with E-state index in [1.807, 2.05) is 42.5 Å². The standard InChI is InChI=1S/C24H27NO4/c1-16(17-9-12-19(13-10-17)29-24(2,3)23(26)27)15-25-22-20-8-6-5-7-18(20)11-14-21(22)28-4/h5-14,16,25H,15H2,1-4H3,(H,26,27). The minimum Gasteiger partial charge on any atom is -0.495 e. The van der Waals surface area contributed by atoms with E-state index in [0.717, 1.165) is 34.3 Å². The van der Waals surface area contributed by atoms with Gasteiger partial charge in [-0.2, -0.15) is 0 Å². The second-order valence-corrected chi connectivity index (χ2v) is 7.63. The molecule has 0 aliphatic rings. The van der Waals surface area contributed by atoms with Gasteiger partial charge in [-0.15, -0.1) is 0 Å². The number of carboxylic acid groups (broad SMARTS) is 1. The monoisotopic (exact) mass is 393 g/mol. The molecule has 0 radical (unpaired) electrons. The minimum absolute atomic E-state index is 0.236. The van der Waals surface area contributed by atoms with Crippen LogP contribution >= 0.6 is 0 Å². The Balaban J connectivity index is 1.72. The van der Waals surface area contributed by atoms with Gasteiger partial charge in [0, 0.05) is 11.9 Å². The summed E-state index contributed by atoms with van der Waals surface area (Å²) in [7, 11) is 1.68. The molecule has 0 saturated heterocycles. The molecule has 5 heteroatoms. The van der Waals surface area contributed by atoms with E-state index in [2.05, 4.69) is 30.4 Å². The Morgan fingerprint density at radius 3 is 2.41 bits per heavy atom.